The molecule has 0 atom stereocenters. The second-order valence-corrected chi connectivity index (χ2v) is 13.3. The second kappa shape index (κ2) is 6.04. The van der Waals surface area contributed by atoms with Gasteiger partial charge >= 0.3 is 0 Å². The summed E-state index contributed by atoms with van der Waals surface area (Å²) in [5, 5.41) is 0. The van der Waals surface area contributed by atoms with Gasteiger partial charge in [0.15, 0.2) is 0 Å². The topological polar surface area (TPSA) is 48.2 Å². The van der Waals surface area contributed by atoms with Crippen LogP contribution in [-0.4, -0.2) is 22.6 Å². The van der Waals surface area contributed by atoms with Crippen LogP contribution < -0.4 is 0 Å². The van der Waals surface area contributed by atoms with Gasteiger partial charge in [0, 0.05) is 14.6 Å². The van der Waals surface area contributed by atoms with E-state index in [1.165, 1.54) is 0 Å². The van der Waals surface area contributed by atoms with E-state index in [0.717, 1.165) is 0 Å². The maximum Gasteiger partial charge on any atom is 0.00787 e. The van der Waals surface area contributed by atoms with Crippen molar-refractivity contribution in [1.82, 2.24) is 0 Å². The van der Waals surface area contributed by atoms with Crippen molar-refractivity contribution >= 4 is 14.6 Å². The molecule has 5 heteroatoms. The summed E-state index contributed by atoms with van der Waals surface area (Å²) in [7, 11) is -5.46. The molecule has 0 heterocycles. The molecule has 104 valence electrons. The lowest BCUT2D eigenvalue weighted by Crippen LogP contribution is -2.13. The third kappa shape index (κ3) is 3.69. The van der Waals surface area contributed by atoms with Gasteiger partial charge in [-0.3, -0.25) is 0 Å². The van der Waals surface area contributed by atoms with Crippen molar-refractivity contribution in [2.75, 3.05) is 0 Å². The fourth-order valence-electron chi connectivity index (χ4n) is 1.82. The smallest absolute Gasteiger partial charge is 0.00787 e. The van der Waals surface area contributed by atoms with Crippen LogP contribution in [0.1, 0.15) is 55.4 Å². The summed E-state index contributed by atoms with van der Waals surface area (Å²) in [6.45, 7) is 15.3. The zero-order chi connectivity index (χ0) is 14.0. The molecule has 0 aliphatic carbocycles. The van der Waals surface area contributed by atoms with E-state index in [0.29, 0.717) is 0 Å². The average Bonchev–Trinajstić information content (AvgIpc) is 2.15. The molecule has 0 fully saturated rings. The zero-order valence-electron chi connectivity index (χ0n) is 12.5. The Morgan fingerprint density at radius 3 is 0.882 bits per heavy atom. The van der Waals surface area contributed by atoms with Gasteiger partial charge in [-0.2, -0.15) is 0 Å². The van der Waals surface area contributed by atoms with Crippen LogP contribution in [0.2, 0.25) is 0 Å². The Hall–Kier alpha value is 0.420. The largest absolute Gasteiger partial charge is 0.543 e. The molecule has 0 aliphatic rings. The molecule has 0 spiro atoms. The first kappa shape index (κ1) is 17.4. The zero-order valence-corrected chi connectivity index (χ0v) is 14.3. The van der Waals surface area contributed by atoms with Gasteiger partial charge in [-0.25, -0.2) is 0 Å². The van der Waals surface area contributed by atoms with Crippen molar-refractivity contribution in [3.8, 4) is 0 Å². The Morgan fingerprint density at radius 1 is 0.588 bits per heavy atom. The van der Waals surface area contributed by atoms with E-state index in [4.69, 9.17) is 0 Å². The SMILES string of the molecule is CC(C)P(=O)([N-]P(=O)(C(C)C)C(C)C)C(C)C. The minimum absolute atomic E-state index is 0.0340. The quantitative estimate of drug-likeness (QED) is 0.599. The van der Waals surface area contributed by atoms with Crippen LogP contribution >= 0.6 is 14.6 Å². The van der Waals surface area contributed by atoms with Crippen LogP contribution in [0.3, 0.4) is 0 Å². The van der Waals surface area contributed by atoms with E-state index in [1.807, 2.05) is 55.4 Å². The summed E-state index contributed by atoms with van der Waals surface area (Å²) in [5.41, 5.74) is -0.136. The Labute approximate surface area is 107 Å². The Bertz CT molecular complexity index is 279. The first-order chi connectivity index (χ1) is 7.48. The minimum atomic E-state index is -2.73. The van der Waals surface area contributed by atoms with Gasteiger partial charge < -0.3 is 14.0 Å². The number of nitrogens with zero attached hydrogens (tertiary/aromatic N) is 1. The monoisotopic (exact) mass is 280 g/mol. The molecule has 0 aliphatic heterocycles. The lowest BCUT2D eigenvalue weighted by Gasteiger charge is -2.48. The van der Waals surface area contributed by atoms with Gasteiger partial charge in [-0.15, -0.1) is 0 Å². The van der Waals surface area contributed by atoms with Crippen LogP contribution in [0.25, 0.3) is 4.86 Å². The van der Waals surface area contributed by atoms with Crippen LogP contribution in [0, 0.1) is 0 Å². The summed E-state index contributed by atoms with van der Waals surface area (Å²) in [5.74, 6) is 0. The summed E-state index contributed by atoms with van der Waals surface area (Å²) in [4.78, 5) is 4.45. The third-order valence-electron chi connectivity index (χ3n) is 3.24. The molecule has 0 radical (unpaired) electrons. The molecule has 3 nitrogen and oxygen atoms in total. The molecule has 0 amide bonds. The number of rotatable bonds is 6. The standard InChI is InChI=1S/C12H28NO2P2/c1-9(2)16(14,10(3)4)13-17(15,11(5)6)12(7)8/h9-12H,1-8H3/q-1. The predicted octanol–water partition coefficient (Wildman–Crippen LogP) is 5.55. The van der Waals surface area contributed by atoms with E-state index >= 15 is 0 Å². The third-order valence-corrected chi connectivity index (χ3v) is 11.4. The van der Waals surface area contributed by atoms with E-state index < -0.39 is 14.6 Å². The van der Waals surface area contributed by atoms with Crippen molar-refractivity contribution in [2.45, 2.75) is 78.0 Å². The predicted molar refractivity (Wildman–Crippen MR) is 79.1 cm³/mol. The molecule has 17 heavy (non-hydrogen) atoms. The maximum absolute atomic E-state index is 12.9. The molecular formula is C12H28NO2P2-. The van der Waals surface area contributed by atoms with Gasteiger partial charge in [0.25, 0.3) is 0 Å². The first-order valence-electron chi connectivity index (χ1n) is 6.42. The lowest BCUT2D eigenvalue weighted by molar-refractivity contribution is 0.559. The highest BCUT2D eigenvalue weighted by molar-refractivity contribution is 7.86. The van der Waals surface area contributed by atoms with Gasteiger partial charge in [0.1, 0.15) is 0 Å². The highest BCUT2D eigenvalue weighted by atomic mass is 31.2. The molecule has 0 aromatic carbocycles. The fourth-order valence-corrected chi connectivity index (χ4v) is 9.26. The molecule has 0 saturated carbocycles. The second-order valence-electron chi connectivity index (χ2n) is 5.81. The summed E-state index contributed by atoms with van der Waals surface area (Å²) in [6, 6.07) is 0. The Balaban J connectivity index is 5.39. The molecule has 0 N–H and O–H groups in total. The number of hydrogen-bond donors (Lipinski definition) is 0. The fraction of sp³-hybridized carbons (Fsp3) is 1.00. The minimum Gasteiger partial charge on any atom is -0.543 e. The molecule has 0 saturated heterocycles. The molecule has 0 aromatic heterocycles. The van der Waals surface area contributed by atoms with Crippen molar-refractivity contribution in [2.24, 2.45) is 0 Å². The van der Waals surface area contributed by atoms with Crippen LogP contribution in [0.15, 0.2) is 0 Å². The van der Waals surface area contributed by atoms with E-state index in [1.54, 1.807) is 0 Å². The van der Waals surface area contributed by atoms with Crippen LogP contribution in [0.4, 0.5) is 0 Å². The van der Waals surface area contributed by atoms with Crippen molar-refractivity contribution < 1.29 is 9.13 Å². The van der Waals surface area contributed by atoms with Gasteiger partial charge in [-0.05, 0) is 22.6 Å². The van der Waals surface area contributed by atoms with E-state index in [9.17, 15) is 9.13 Å². The summed E-state index contributed by atoms with van der Waals surface area (Å²) in [6.07, 6.45) is 0. The first-order valence-corrected chi connectivity index (χ1v) is 10.0. The molecule has 0 aromatic rings. The molecular weight excluding hydrogens is 252 g/mol. The molecule has 0 bridgehead atoms. The van der Waals surface area contributed by atoms with Crippen molar-refractivity contribution in [3.05, 3.63) is 4.86 Å². The molecule has 0 unspecified atom stereocenters. The van der Waals surface area contributed by atoms with Gasteiger partial charge in [-0.1, -0.05) is 55.4 Å². The summed E-state index contributed by atoms with van der Waals surface area (Å²) < 4.78 is 25.8. The van der Waals surface area contributed by atoms with E-state index in [2.05, 4.69) is 4.86 Å². The van der Waals surface area contributed by atoms with Crippen molar-refractivity contribution in [1.29, 1.82) is 0 Å². The summed E-state index contributed by atoms with van der Waals surface area (Å²) >= 11 is 0. The average molecular weight is 280 g/mol. The van der Waals surface area contributed by atoms with Crippen molar-refractivity contribution in [3.63, 3.8) is 0 Å². The number of hydrogen-bond acceptors (Lipinski definition) is 2. The maximum atomic E-state index is 12.9. The van der Waals surface area contributed by atoms with E-state index in [-0.39, 0.29) is 22.6 Å². The molecule has 0 rings (SSSR count). The van der Waals surface area contributed by atoms with Gasteiger partial charge in [0.2, 0.25) is 0 Å². The lowest BCUT2D eigenvalue weighted by atomic mass is 10.5. The van der Waals surface area contributed by atoms with Crippen LogP contribution in [0.5, 0.6) is 0 Å². The highest BCUT2D eigenvalue weighted by Gasteiger charge is 2.30. The van der Waals surface area contributed by atoms with Gasteiger partial charge in [0.05, 0.1) is 0 Å². The normalized spacial score (nSPS) is 14.4. The Morgan fingerprint density at radius 2 is 0.765 bits per heavy atom. The van der Waals surface area contributed by atoms with Crippen LogP contribution in [-0.2, 0) is 9.13 Å². The highest BCUT2D eigenvalue weighted by Crippen LogP contribution is 2.76. The Kier molecular flexibility index (Phi) is 6.19.